The maximum absolute atomic E-state index is 13.1. The minimum Gasteiger partial charge on any atom is -0.495 e. The van der Waals surface area contributed by atoms with Crippen LogP contribution in [0.5, 0.6) is 5.75 Å². The van der Waals surface area contributed by atoms with Crippen molar-refractivity contribution < 1.29 is 22.7 Å². The highest BCUT2D eigenvalue weighted by molar-refractivity contribution is 7.89. The number of hydrogen-bond donors (Lipinski definition) is 2. The number of methoxy groups -OCH3 is 1. The summed E-state index contributed by atoms with van der Waals surface area (Å²) in [5.74, 6) is -0.181. The fourth-order valence-electron chi connectivity index (χ4n) is 3.48. The second kappa shape index (κ2) is 11.4. The van der Waals surface area contributed by atoms with Gasteiger partial charge in [0, 0.05) is 19.1 Å². The summed E-state index contributed by atoms with van der Waals surface area (Å²) in [5, 5.41) is 5.48. The molecule has 0 unspecified atom stereocenters. The number of carbonyl (C=O) groups is 2. The van der Waals surface area contributed by atoms with Crippen molar-refractivity contribution in [2.75, 3.05) is 45.7 Å². The number of hydrogen-bond acceptors (Lipinski definition) is 6. The van der Waals surface area contributed by atoms with Gasteiger partial charge in [0.15, 0.2) is 0 Å². The summed E-state index contributed by atoms with van der Waals surface area (Å²) in [6.07, 6.45) is 3.74. The summed E-state index contributed by atoms with van der Waals surface area (Å²) in [6.45, 7) is 4.77. The second-order valence-electron chi connectivity index (χ2n) is 8.12. The molecular weight excluding hydrogens is 420 g/mol. The highest BCUT2D eigenvalue weighted by atomic mass is 32.2. The molecule has 0 radical (unpaired) electrons. The van der Waals surface area contributed by atoms with E-state index in [9.17, 15) is 18.0 Å². The number of nitrogens with zero attached hydrogens (tertiary/aromatic N) is 2. The van der Waals surface area contributed by atoms with Gasteiger partial charge in [0.1, 0.15) is 5.75 Å². The van der Waals surface area contributed by atoms with Crippen LogP contribution in [-0.2, 0) is 19.6 Å². The Bertz CT molecular complexity index is 865. The monoisotopic (exact) mass is 454 g/mol. The number of benzene rings is 1. The van der Waals surface area contributed by atoms with E-state index >= 15 is 0 Å². The third-order valence-electron chi connectivity index (χ3n) is 4.92. The van der Waals surface area contributed by atoms with E-state index in [1.807, 2.05) is 13.8 Å². The molecule has 10 heteroatoms. The molecule has 31 heavy (non-hydrogen) atoms. The molecule has 1 aliphatic rings. The van der Waals surface area contributed by atoms with E-state index in [-0.39, 0.29) is 41.5 Å². The van der Waals surface area contributed by atoms with E-state index in [0.29, 0.717) is 18.8 Å². The summed E-state index contributed by atoms with van der Waals surface area (Å²) < 4.78 is 33.0. The minimum absolute atomic E-state index is 0.0212. The Morgan fingerprint density at radius 2 is 1.71 bits per heavy atom. The van der Waals surface area contributed by atoms with E-state index in [1.54, 1.807) is 18.0 Å². The van der Waals surface area contributed by atoms with E-state index in [0.717, 1.165) is 25.7 Å². The largest absolute Gasteiger partial charge is 0.495 e. The lowest BCUT2D eigenvalue weighted by atomic mass is 10.2. The Morgan fingerprint density at radius 1 is 1.10 bits per heavy atom. The number of ether oxygens (including phenoxy) is 1. The number of amides is 2. The fourth-order valence-corrected chi connectivity index (χ4v) is 5.02. The normalized spacial score (nSPS) is 15.5. The van der Waals surface area contributed by atoms with Crippen molar-refractivity contribution in [1.29, 1.82) is 0 Å². The van der Waals surface area contributed by atoms with Crippen LogP contribution in [0.2, 0.25) is 0 Å². The topological polar surface area (TPSA) is 108 Å². The van der Waals surface area contributed by atoms with E-state index in [1.165, 1.54) is 23.5 Å². The van der Waals surface area contributed by atoms with Gasteiger partial charge in [-0.1, -0.05) is 12.8 Å². The zero-order valence-electron chi connectivity index (χ0n) is 18.8. The third kappa shape index (κ3) is 7.48. The predicted molar refractivity (Wildman–Crippen MR) is 120 cm³/mol. The molecule has 2 amide bonds. The Labute approximate surface area is 185 Å². The summed E-state index contributed by atoms with van der Waals surface area (Å²) >= 11 is 0. The van der Waals surface area contributed by atoms with Crippen LogP contribution in [0.1, 0.15) is 39.5 Å². The molecule has 0 saturated carbocycles. The van der Waals surface area contributed by atoms with Crippen LogP contribution < -0.4 is 15.4 Å². The minimum atomic E-state index is -3.66. The lowest BCUT2D eigenvalue weighted by molar-refractivity contribution is -0.123. The predicted octanol–water partition coefficient (Wildman–Crippen LogP) is 1.65. The Kier molecular flexibility index (Phi) is 9.27. The Balaban J connectivity index is 2.11. The summed E-state index contributed by atoms with van der Waals surface area (Å²) in [7, 11) is -0.538. The van der Waals surface area contributed by atoms with E-state index < -0.39 is 10.0 Å². The van der Waals surface area contributed by atoms with Gasteiger partial charge >= 0.3 is 0 Å². The summed E-state index contributed by atoms with van der Waals surface area (Å²) in [5.41, 5.74) is 0.281. The van der Waals surface area contributed by atoms with Gasteiger partial charge in [0.05, 0.1) is 30.8 Å². The first-order valence-corrected chi connectivity index (χ1v) is 12.0. The fraction of sp³-hybridized carbons (Fsp3) is 0.619. The molecule has 1 aliphatic heterocycles. The summed E-state index contributed by atoms with van der Waals surface area (Å²) in [6, 6.07) is 4.49. The summed E-state index contributed by atoms with van der Waals surface area (Å²) in [4.78, 5) is 26.1. The maximum Gasteiger partial charge on any atom is 0.243 e. The van der Waals surface area contributed by atoms with Crippen LogP contribution in [-0.4, -0.2) is 75.8 Å². The average Bonchev–Trinajstić information content (AvgIpc) is 2.97. The van der Waals surface area contributed by atoms with Crippen LogP contribution in [0.15, 0.2) is 23.1 Å². The van der Waals surface area contributed by atoms with Gasteiger partial charge in [0.25, 0.3) is 0 Å². The molecule has 0 aromatic heterocycles. The standard InChI is InChI=1S/C21H34N4O5S/c1-16(2)22-20(26)14-24(3)15-21(27)23-18-13-17(9-10-19(18)30-4)31(28,29)25-11-7-5-6-8-12-25/h9-10,13,16H,5-8,11-12,14-15H2,1-4H3,(H,22,26)(H,23,27). The quantitative estimate of drug-likeness (QED) is 0.588. The van der Waals surface area contributed by atoms with Crippen molar-refractivity contribution in [3.05, 3.63) is 18.2 Å². The second-order valence-corrected chi connectivity index (χ2v) is 10.1. The molecule has 1 aromatic rings. The molecule has 0 atom stereocenters. The van der Waals surface area contributed by atoms with Crippen molar-refractivity contribution in [2.24, 2.45) is 0 Å². The first-order chi connectivity index (χ1) is 14.6. The Morgan fingerprint density at radius 3 is 2.29 bits per heavy atom. The van der Waals surface area contributed by atoms with E-state index in [4.69, 9.17) is 4.74 Å². The zero-order chi connectivity index (χ0) is 23.0. The van der Waals surface area contributed by atoms with Gasteiger partial charge in [-0.05, 0) is 51.9 Å². The molecule has 2 rings (SSSR count). The highest BCUT2D eigenvalue weighted by Crippen LogP contribution is 2.29. The number of sulfonamides is 1. The molecule has 1 aromatic carbocycles. The van der Waals surface area contributed by atoms with Crippen LogP contribution in [0, 0.1) is 0 Å². The Hall–Kier alpha value is -2.17. The number of carbonyl (C=O) groups excluding carboxylic acids is 2. The number of nitrogens with one attached hydrogen (secondary N) is 2. The third-order valence-corrected chi connectivity index (χ3v) is 6.82. The molecule has 0 bridgehead atoms. The van der Waals surface area contributed by atoms with Crippen molar-refractivity contribution >= 4 is 27.5 Å². The van der Waals surface area contributed by atoms with Crippen LogP contribution in [0.3, 0.4) is 0 Å². The van der Waals surface area contributed by atoms with Gasteiger partial charge in [0.2, 0.25) is 21.8 Å². The van der Waals surface area contributed by atoms with Crippen molar-refractivity contribution in [2.45, 2.75) is 50.5 Å². The van der Waals surface area contributed by atoms with Gasteiger partial charge in [-0.2, -0.15) is 4.31 Å². The lowest BCUT2D eigenvalue weighted by Gasteiger charge is -2.21. The van der Waals surface area contributed by atoms with Gasteiger partial charge in [-0.25, -0.2) is 8.42 Å². The SMILES string of the molecule is COc1ccc(S(=O)(=O)N2CCCCCC2)cc1NC(=O)CN(C)CC(=O)NC(C)C. The van der Waals surface area contributed by atoms with Crippen molar-refractivity contribution in [1.82, 2.24) is 14.5 Å². The first-order valence-electron chi connectivity index (χ1n) is 10.6. The van der Waals surface area contributed by atoms with Crippen LogP contribution in [0.25, 0.3) is 0 Å². The molecule has 9 nitrogen and oxygen atoms in total. The van der Waals surface area contributed by atoms with Crippen LogP contribution in [0.4, 0.5) is 5.69 Å². The van der Waals surface area contributed by atoms with Crippen LogP contribution >= 0.6 is 0 Å². The molecule has 174 valence electrons. The van der Waals surface area contributed by atoms with Gasteiger partial charge in [-0.15, -0.1) is 0 Å². The smallest absolute Gasteiger partial charge is 0.243 e. The number of rotatable bonds is 9. The van der Waals surface area contributed by atoms with Crippen molar-refractivity contribution in [3.63, 3.8) is 0 Å². The maximum atomic E-state index is 13.1. The van der Waals surface area contributed by atoms with Crippen molar-refractivity contribution in [3.8, 4) is 5.75 Å². The molecule has 1 fully saturated rings. The lowest BCUT2D eigenvalue weighted by Crippen LogP contribution is -2.41. The number of anilines is 1. The molecule has 1 heterocycles. The molecule has 0 aliphatic carbocycles. The molecular formula is C21H34N4O5S. The molecule has 2 N–H and O–H groups in total. The zero-order valence-corrected chi connectivity index (χ0v) is 19.6. The van der Waals surface area contributed by atoms with E-state index in [2.05, 4.69) is 10.6 Å². The molecule has 1 saturated heterocycles. The van der Waals surface area contributed by atoms with Gasteiger partial charge < -0.3 is 15.4 Å². The average molecular weight is 455 g/mol. The first kappa shape index (κ1) is 25.1. The molecule has 0 spiro atoms. The number of likely N-dealkylation sites (N-methyl/N-ethyl adjacent to an activating group) is 1. The van der Waals surface area contributed by atoms with Gasteiger partial charge in [-0.3, -0.25) is 14.5 Å². The highest BCUT2D eigenvalue weighted by Gasteiger charge is 2.26.